The first-order valence-corrected chi connectivity index (χ1v) is 8.13. The van der Waals surface area contributed by atoms with E-state index in [-0.39, 0.29) is 24.4 Å². The molecule has 0 bridgehead atoms. The molecule has 1 unspecified atom stereocenters. The van der Waals surface area contributed by atoms with Crippen LogP contribution >= 0.6 is 0 Å². The van der Waals surface area contributed by atoms with Crippen LogP contribution in [-0.2, 0) is 9.59 Å². The summed E-state index contributed by atoms with van der Waals surface area (Å²) < 4.78 is 5.28. The monoisotopic (exact) mass is 341 g/mol. The minimum Gasteiger partial charge on any atom is -0.497 e. The van der Waals surface area contributed by atoms with Gasteiger partial charge in [0, 0.05) is 18.1 Å². The molecule has 6 nitrogen and oxygen atoms in total. The standard InChI is InChI=1S/C19H23N3O3/c1-5-18(24)22(6-2)12-17(23)21-13(3)19-16-11-15(25-4)8-7-14(16)9-10-20-19/h5,7-11,13H,1,6,12H2,2-4H3,(H,21,23). The summed E-state index contributed by atoms with van der Waals surface area (Å²) in [5.41, 5.74) is 0.753. The average Bonchev–Trinajstić information content (AvgIpc) is 2.64. The first-order valence-electron chi connectivity index (χ1n) is 8.13. The van der Waals surface area contributed by atoms with Crippen molar-refractivity contribution in [3.05, 3.63) is 48.8 Å². The van der Waals surface area contributed by atoms with Crippen LogP contribution in [0.3, 0.4) is 0 Å². The third-order valence-electron chi connectivity index (χ3n) is 3.99. The third-order valence-corrected chi connectivity index (χ3v) is 3.99. The van der Waals surface area contributed by atoms with E-state index < -0.39 is 0 Å². The number of nitrogens with zero attached hydrogens (tertiary/aromatic N) is 2. The van der Waals surface area contributed by atoms with Crippen molar-refractivity contribution in [1.82, 2.24) is 15.2 Å². The van der Waals surface area contributed by atoms with Crippen molar-refractivity contribution in [3.63, 3.8) is 0 Å². The fourth-order valence-corrected chi connectivity index (χ4v) is 2.65. The average molecular weight is 341 g/mol. The molecule has 1 heterocycles. The molecule has 132 valence electrons. The van der Waals surface area contributed by atoms with E-state index in [0.29, 0.717) is 6.54 Å². The number of benzene rings is 1. The highest BCUT2D eigenvalue weighted by atomic mass is 16.5. The first kappa shape index (κ1) is 18.4. The molecule has 0 aliphatic heterocycles. The molecule has 2 aromatic rings. The van der Waals surface area contributed by atoms with E-state index in [9.17, 15) is 9.59 Å². The molecule has 1 aromatic heterocycles. The number of methoxy groups -OCH3 is 1. The molecule has 1 N–H and O–H groups in total. The maximum atomic E-state index is 12.3. The van der Waals surface area contributed by atoms with Crippen molar-refractivity contribution in [2.75, 3.05) is 20.2 Å². The number of aromatic nitrogens is 1. The number of hydrogen-bond acceptors (Lipinski definition) is 4. The normalized spacial score (nSPS) is 11.6. The minimum absolute atomic E-state index is 0.0141. The van der Waals surface area contributed by atoms with Gasteiger partial charge in [-0.2, -0.15) is 0 Å². The lowest BCUT2D eigenvalue weighted by molar-refractivity contribution is -0.132. The summed E-state index contributed by atoms with van der Waals surface area (Å²) in [5, 5.41) is 4.84. The molecule has 6 heteroatoms. The molecule has 0 spiro atoms. The number of carbonyl (C=O) groups is 2. The van der Waals surface area contributed by atoms with Crippen LogP contribution in [0.15, 0.2) is 43.1 Å². The van der Waals surface area contributed by atoms with Gasteiger partial charge in [0.25, 0.3) is 0 Å². The van der Waals surface area contributed by atoms with E-state index >= 15 is 0 Å². The van der Waals surface area contributed by atoms with E-state index in [1.54, 1.807) is 13.3 Å². The SMILES string of the molecule is C=CC(=O)N(CC)CC(=O)NC(C)c1nccc2ccc(OC)cc12. The van der Waals surface area contributed by atoms with Crippen molar-refractivity contribution >= 4 is 22.6 Å². The summed E-state index contributed by atoms with van der Waals surface area (Å²) in [6.07, 6.45) is 2.92. The number of amides is 2. The second kappa shape index (κ2) is 8.28. The second-order valence-corrected chi connectivity index (χ2v) is 5.63. The van der Waals surface area contributed by atoms with E-state index in [1.807, 2.05) is 38.1 Å². The lowest BCUT2D eigenvalue weighted by Crippen LogP contribution is -2.40. The Morgan fingerprint density at radius 1 is 1.40 bits per heavy atom. The van der Waals surface area contributed by atoms with Crippen molar-refractivity contribution in [2.24, 2.45) is 0 Å². The Bertz CT molecular complexity index is 789. The Labute approximate surface area is 147 Å². The van der Waals surface area contributed by atoms with Crippen LogP contribution in [0.2, 0.25) is 0 Å². The summed E-state index contributed by atoms with van der Waals surface area (Å²) >= 11 is 0. The molecular formula is C19H23N3O3. The van der Waals surface area contributed by atoms with Crippen LogP contribution in [0, 0.1) is 0 Å². The summed E-state index contributed by atoms with van der Waals surface area (Å²) in [5.74, 6) is 0.221. The molecular weight excluding hydrogens is 318 g/mol. The zero-order valence-corrected chi connectivity index (χ0v) is 14.8. The van der Waals surface area contributed by atoms with Gasteiger partial charge in [0.15, 0.2) is 0 Å². The molecule has 0 saturated carbocycles. The number of likely N-dealkylation sites (N-methyl/N-ethyl adjacent to an activating group) is 1. The van der Waals surface area contributed by atoms with E-state index in [1.165, 1.54) is 11.0 Å². The highest BCUT2D eigenvalue weighted by Gasteiger charge is 2.17. The Morgan fingerprint density at radius 2 is 2.16 bits per heavy atom. The Hall–Kier alpha value is -2.89. The molecule has 0 saturated heterocycles. The highest BCUT2D eigenvalue weighted by Crippen LogP contribution is 2.26. The van der Waals surface area contributed by atoms with Crippen molar-refractivity contribution in [3.8, 4) is 5.75 Å². The van der Waals surface area contributed by atoms with Crippen LogP contribution < -0.4 is 10.1 Å². The Balaban J connectivity index is 2.19. The summed E-state index contributed by atoms with van der Waals surface area (Å²) in [4.78, 5) is 29.8. The van der Waals surface area contributed by atoms with Crippen LogP contribution in [0.1, 0.15) is 25.6 Å². The maximum Gasteiger partial charge on any atom is 0.246 e. The third kappa shape index (κ3) is 4.35. The van der Waals surface area contributed by atoms with Gasteiger partial charge in [-0.1, -0.05) is 12.6 Å². The van der Waals surface area contributed by atoms with Crippen molar-refractivity contribution < 1.29 is 14.3 Å². The lowest BCUT2D eigenvalue weighted by atomic mass is 10.1. The van der Waals surface area contributed by atoms with Gasteiger partial charge in [0.2, 0.25) is 11.8 Å². The number of carbonyl (C=O) groups excluding carboxylic acids is 2. The fraction of sp³-hybridized carbons (Fsp3) is 0.316. The van der Waals surface area contributed by atoms with Gasteiger partial charge in [0.05, 0.1) is 25.4 Å². The van der Waals surface area contributed by atoms with Crippen LogP contribution in [-0.4, -0.2) is 41.9 Å². The van der Waals surface area contributed by atoms with Crippen LogP contribution in [0.25, 0.3) is 10.8 Å². The number of pyridine rings is 1. The molecule has 2 rings (SSSR count). The number of fused-ring (bicyclic) bond motifs is 1. The highest BCUT2D eigenvalue weighted by molar-refractivity contribution is 5.91. The number of nitrogens with one attached hydrogen (secondary N) is 1. The maximum absolute atomic E-state index is 12.3. The lowest BCUT2D eigenvalue weighted by Gasteiger charge is -2.21. The molecule has 1 atom stereocenters. The number of ether oxygens (including phenoxy) is 1. The summed E-state index contributed by atoms with van der Waals surface area (Å²) in [6.45, 7) is 7.56. The van der Waals surface area contributed by atoms with E-state index in [2.05, 4.69) is 16.9 Å². The Kier molecular flexibility index (Phi) is 6.11. The smallest absolute Gasteiger partial charge is 0.246 e. The van der Waals surface area contributed by atoms with Gasteiger partial charge in [-0.25, -0.2) is 0 Å². The van der Waals surface area contributed by atoms with Crippen molar-refractivity contribution in [2.45, 2.75) is 19.9 Å². The Morgan fingerprint density at radius 3 is 2.80 bits per heavy atom. The molecule has 0 fully saturated rings. The number of hydrogen-bond donors (Lipinski definition) is 1. The van der Waals surface area contributed by atoms with Gasteiger partial charge < -0.3 is 15.0 Å². The molecule has 0 aliphatic rings. The number of rotatable bonds is 7. The molecule has 25 heavy (non-hydrogen) atoms. The zero-order valence-electron chi connectivity index (χ0n) is 14.8. The zero-order chi connectivity index (χ0) is 18.4. The molecule has 0 radical (unpaired) electrons. The molecule has 0 aliphatic carbocycles. The molecule has 1 aromatic carbocycles. The van der Waals surface area contributed by atoms with E-state index in [4.69, 9.17) is 4.74 Å². The molecule has 2 amide bonds. The minimum atomic E-state index is -0.305. The van der Waals surface area contributed by atoms with Gasteiger partial charge >= 0.3 is 0 Å². The summed E-state index contributed by atoms with van der Waals surface area (Å²) in [7, 11) is 1.61. The first-order chi connectivity index (χ1) is 12.0. The van der Waals surface area contributed by atoms with Crippen molar-refractivity contribution in [1.29, 1.82) is 0 Å². The predicted molar refractivity (Wildman–Crippen MR) is 97.3 cm³/mol. The summed E-state index contributed by atoms with van der Waals surface area (Å²) in [6, 6.07) is 7.35. The fourth-order valence-electron chi connectivity index (χ4n) is 2.65. The van der Waals surface area contributed by atoms with Gasteiger partial charge in [-0.3, -0.25) is 14.6 Å². The van der Waals surface area contributed by atoms with Gasteiger partial charge in [0.1, 0.15) is 5.75 Å². The van der Waals surface area contributed by atoms with Gasteiger partial charge in [-0.15, -0.1) is 0 Å². The van der Waals surface area contributed by atoms with Gasteiger partial charge in [-0.05, 0) is 43.5 Å². The van der Waals surface area contributed by atoms with Crippen LogP contribution in [0.5, 0.6) is 5.75 Å². The largest absolute Gasteiger partial charge is 0.497 e. The predicted octanol–water partition coefficient (Wildman–Crippen LogP) is 2.46. The topological polar surface area (TPSA) is 71.5 Å². The van der Waals surface area contributed by atoms with E-state index in [0.717, 1.165) is 22.2 Å². The van der Waals surface area contributed by atoms with Crippen LogP contribution in [0.4, 0.5) is 0 Å². The second-order valence-electron chi connectivity index (χ2n) is 5.63. The quantitative estimate of drug-likeness (QED) is 0.785.